The predicted molar refractivity (Wildman–Crippen MR) is 210 cm³/mol. The third-order valence-electron chi connectivity index (χ3n) is 10.9. The Labute approximate surface area is 313 Å². The molecule has 1 fully saturated rings. The molecule has 0 aromatic heterocycles. The highest BCUT2D eigenvalue weighted by Crippen LogP contribution is 2.40. The van der Waals surface area contributed by atoms with Crippen LogP contribution in [0.1, 0.15) is 102 Å². The Balaban J connectivity index is 0.933. The van der Waals surface area contributed by atoms with Gasteiger partial charge in [-0.25, -0.2) is 0 Å². The molecule has 4 N–H and O–H groups in total. The van der Waals surface area contributed by atoms with E-state index in [-0.39, 0.29) is 54.4 Å². The van der Waals surface area contributed by atoms with Crippen molar-refractivity contribution in [3.8, 4) is 11.8 Å². The fourth-order valence-electron chi connectivity index (χ4n) is 8.24. The molecule has 0 spiro atoms. The zero-order valence-electron chi connectivity index (χ0n) is 31.3. The maximum Gasteiger partial charge on any atom is 0.300 e. The summed E-state index contributed by atoms with van der Waals surface area (Å²) in [4.78, 5) is 54.7. The SMILES string of the molecule is CCC(=O)N1c2ccccc2[C@H](Nc2ccc(NC(=O)C#CCNC(=O)C3CCC(N[C@@H]4C[C@H](C)N(C(=O)CC)c5ccccc54)CC3)cc2)C[C@@H]1C. The predicted octanol–water partition coefficient (Wildman–Crippen LogP) is 6.86. The minimum atomic E-state index is -0.442. The largest absolute Gasteiger partial charge is 0.378 e. The van der Waals surface area contributed by atoms with Crippen LogP contribution in [0.3, 0.4) is 0 Å². The second-order valence-corrected chi connectivity index (χ2v) is 14.5. The molecule has 0 saturated heterocycles. The second kappa shape index (κ2) is 17.1. The van der Waals surface area contributed by atoms with Gasteiger partial charge < -0.3 is 31.1 Å². The van der Waals surface area contributed by atoms with Crippen LogP contribution in [0.2, 0.25) is 0 Å². The average molecular weight is 717 g/mol. The maximum atomic E-state index is 12.9. The number of hydrogen-bond donors (Lipinski definition) is 4. The number of para-hydroxylation sites is 2. The van der Waals surface area contributed by atoms with Gasteiger partial charge in [-0.05, 0) is 106 Å². The van der Waals surface area contributed by atoms with Crippen molar-refractivity contribution < 1.29 is 19.2 Å². The van der Waals surface area contributed by atoms with Crippen molar-refractivity contribution in [1.82, 2.24) is 10.6 Å². The summed E-state index contributed by atoms with van der Waals surface area (Å²) in [5, 5.41) is 13.2. The van der Waals surface area contributed by atoms with Gasteiger partial charge in [-0.3, -0.25) is 19.2 Å². The van der Waals surface area contributed by atoms with E-state index in [2.05, 4.69) is 59.1 Å². The minimum Gasteiger partial charge on any atom is -0.378 e. The van der Waals surface area contributed by atoms with Crippen molar-refractivity contribution in [3.05, 3.63) is 83.9 Å². The molecule has 2 aliphatic heterocycles. The van der Waals surface area contributed by atoms with E-state index in [0.29, 0.717) is 24.6 Å². The van der Waals surface area contributed by atoms with E-state index < -0.39 is 5.91 Å². The normalized spacial score (nSPS) is 23.4. The lowest BCUT2D eigenvalue weighted by atomic mass is 9.83. The molecule has 0 unspecified atom stereocenters. The number of rotatable bonds is 9. The molecule has 0 bridgehead atoms. The van der Waals surface area contributed by atoms with E-state index >= 15 is 0 Å². The lowest BCUT2D eigenvalue weighted by Gasteiger charge is -2.41. The summed E-state index contributed by atoms with van der Waals surface area (Å²) in [6.45, 7) is 8.11. The van der Waals surface area contributed by atoms with Gasteiger partial charge in [0.1, 0.15) is 0 Å². The molecule has 10 nitrogen and oxygen atoms in total. The Bertz CT molecular complexity index is 1860. The molecule has 53 heavy (non-hydrogen) atoms. The third kappa shape index (κ3) is 8.74. The number of benzene rings is 3. The number of carbonyl (C=O) groups is 4. The fourth-order valence-corrected chi connectivity index (χ4v) is 8.24. The van der Waals surface area contributed by atoms with Crippen LogP contribution in [-0.4, -0.2) is 48.3 Å². The lowest BCUT2D eigenvalue weighted by molar-refractivity contribution is -0.126. The first kappa shape index (κ1) is 37.6. The summed E-state index contributed by atoms with van der Waals surface area (Å²) in [7, 11) is 0. The second-order valence-electron chi connectivity index (χ2n) is 14.5. The molecule has 2 heterocycles. The Hall–Kier alpha value is -5.14. The van der Waals surface area contributed by atoms with Gasteiger partial charge in [-0.2, -0.15) is 0 Å². The number of amides is 4. The monoisotopic (exact) mass is 716 g/mol. The van der Waals surface area contributed by atoms with E-state index in [1.807, 2.05) is 84.3 Å². The summed E-state index contributed by atoms with van der Waals surface area (Å²) >= 11 is 0. The topological polar surface area (TPSA) is 123 Å². The van der Waals surface area contributed by atoms with E-state index in [1.54, 1.807) is 0 Å². The molecule has 6 rings (SSSR count). The van der Waals surface area contributed by atoms with Gasteiger partial charge in [0, 0.05) is 65.7 Å². The smallest absolute Gasteiger partial charge is 0.300 e. The van der Waals surface area contributed by atoms with Crippen LogP contribution >= 0.6 is 0 Å². The molecule has 3 aliphatic rings. The first-order chi connectivity index (χ1) is 25.7. The highest BCUT2D eigenvalue weighted by atomic mass is 16.2. The molecule has 3 aromatic rings. The zero-order valence-corrected chi connectivity index (χ0v) is 31.3. The van der Waals surface area contributed by atoms with E-state index in [1.165, 1.54) is 5.56 Å². The van der Waals surface area contributed by atoms with Crippen LogP contribution in [0.25, 0.3) is 0 Å². The van der Waals surface area contributed by atoms with Crippen LogP contribution in [-0.2, 0) is 19.2 Å². The van der Waals surface area contributed by atoms with Gasteiger partial charge in [0.25, 0.3) is 5.91 Å². The highest BCUT2D eigenvalue weighted by Gasteiger charge is 2.36. The van der Waals surface area contributed by atoms with Crippen LogP contribution in [0.4, 0.5) is 22.7 Å². The van der Waals surface area contributed by atoms with E-state index in [9.17, 15) is 19.2 Å². The molecular formula is C43H52N6O4. The highest BCUT2D eigenvalue weighted by molar-refractivity contribution is 6.04. The molecule has 4 amide bonds. The van der Waals surface area contributed by atoms with Crippen LogP contribution < -0.4 is 31.1 Å². The van der Waals surface area contributed by atoms with Gasteiger partial charge >= 0.3 is 0 Å². The number of hydrogen-bond acceptors (Lipinski definition) is 6. The van der Waals surface area contributed by atoms with Gasteiger partial charge in [0.15, 0.2) is 0 Å². The van der Waals surface area contributed by atoms with Gasteiger partial charge in [-0.15, -0.1) is 0 Å². The summed E-state index contributed by atoms with van der Waals surface area (Å²) < 4.78 is 0. The van der Waals surface area contributed by atoms with Crippen LogP contribution in [0.5, 0.6) is 0 Å². The summed E-state index contributed by atoms with van der Waals surface area (Å²) in [5.41, 5.74) is 5.74. The first-order valence-electron chi connectivity index (χ1n) is 19.2. The Morgan fingerprint density at radius 3 is 1.81 bits per heavy atom. The molecular weight excluding hydrogens is 665 g/mol. The number of nitrogens with zero attached hydrogens (tertiary/aromatic N) is 2. The molecule has 10 heteroatoms. The average Bonchev–Trinajstić information content (AvgIpc) is 3.17. The lowest BCUT2D eigenvalue weighted by Crippen LogP contribution is -2.47. The Morgan fingerprint density at radius 1 is 0.698 bits per heavy atom. The first-order valence-corrected chi connectivity index (χ1v) is 19.2. The van der Waals surface area contributed by atoms with Crippen molar-refractivity contribution in [2.45, 2.75) is 109 Å². The Morgan fingerprint density at radius 2 is 1.23 bits per heavy atom. The van der Waals surface area contributed by atoms with Gasteiger partial charge in [-0.1, -0.05) is 56.2 Å². The summed E-state index contributed by atoms with van der Waals surface area (Å²) in [6.07, 6.45) is 5.96. The molecule has 1 aliphatic carbocycles. The molecule has 1 saturated carbocycles. The van der Waals surface area contributed by atoms with E-state index in [0.717, 1.165) is 61.2 Å². The molecule has 278 valence electrons. The quantitative estimate of drug-likeness (QED) is 0.180. The number of fused-ring (bicyclic) bond motifs is 2. The van der Waals surface area contributed by atoms with Crippen LogP contribution in [0, 0.1) is 17.8 Å². The van der Waals surface area contributed by atoms with Gasteiger partial charge in [0.05, 0.1) is 12.6 Å². The van der Waals surface area contributed by atoms with Crippen molar-refractivity contribution in [2.75, 3.05) is 27.0 Å². The number of nitrogens with one attached hydrogen (secondary N) is 4. The maximum absolute atomic E-state index is 12.9. The summed E-state index contributed by atoms with van der Waals surface area (Å²) in [5.74, 6) is 5.11. The van der Waals surface area contributed by atoms with Crippen LogP contribution in [0.15, 0.2) is 72.8 Å². The van der Waals surface area contributed by atoms with E-state index in [4.69, 9.17) is 0 Å². The standard InChI is InChI=1S/C43H52N6O4/c1-5-41(51)48-28(3)26-36(34-12-7-9-14-38(34)48)45-31-19-17-30(18-20-31)43(53)44-25-11-16-40(50)47-33-23-21-32(22-24-33)46-37-27-29(4)49(42(52)6-2)39-15-10-8-13-35(37)39/h7-10,12-15,21-24,28-31,36-37,45-46H,5-6,17-20,25-27H2,1-4H3,(H,44,53)(H,47,50)/t28-,29-,30?,31?,36+,37+/m0/s1. The third-order valence-corrected chi connectivity index (χ3v) is 10.9. The molecule has 0 radical (unpaired) electrons. The van der Waals surface area contributed by atoms with Crippen molar-refractivity contribution in [2.24, 2.45) is 5.92 Å². The summed E-state index contributed by atoms with van der Waals surface area (Å²) in [6, 6.07) is 24.4. The number of anilines is 4. The zero-order chi connectivity index (χ0) is 37.5. The van der Waals surface area contributed by atoms with Crippen molar-refractivity contribution in [1.29, 1.82) is 0 Å². The van der Waals surface area contributed by atoms with Crippen molar-refractivity contribution in [3.63, 3.8) is 0 Å². The van der Waals surface area contributed by atoms with Gasteiger partial charge in [0.2, 0.25) is 17.7 Å². The Kier molecular flexibility index (Phi) is 12.2. The van der Waals surface area contributed by atoms with Crippen molar-refractivity contribution >= 4 is 46.4 Å². The molecule has 4 atom stereocenters. The minimum absolute atomic E-state index is 0.0220. The molecule has 3 aromatic carbocycles. The number of carbonyl (C=O) groups excluding carboxylic acids is 4. The fraction of sp³-hybridized carbons (Fsp3) is 0.442.